The van der Waals surface area contributed by atoms with E-state index in [0.29, 0.717) is 11.5 Å². The summed E-state index contributed by atoms with van der Waals surface area (Å²) in [5.41, 5.74) is 9.00. The number of aliphatic imine (C=N–C) groups is 1. The average Bonchev–Trinajstić information content (AvgIpc) is 3.35. The minimum atomic E-state index is -0.214. The van der Waals surface area contributed by atoms with Gasteiger partial charge in [0.05, 0.1) is 11.3 Å². The molecule has 0 aliphatic rings. The molecule has 4 aromatic carbocycles. The molecule has 0 unspecified atom stereocenters. The highest BCUT2D eigenvalue weighted by Gasteiger charge is 2.25. The number of aromatic hydroxyl groups is 1. The van der Waals surface area contributed by atoms with E-state index in [1.807, 2.05) is 42.5 Å². The first-order valence-corrected chi connectivity index (χ1v) is 14.6. The molecule has 0 radical (unpaired) electrons. The predicted molar refractivity (Wildman–Crippen MR) is 176 cm³/mol. The minimum absolute atomic E-state index is 0.0459. The summed E-state index contributed by atoms with van der Waals surface area (Å²) in [6, 6.07) is 26.7. The van der Waals surface area contributed by atoms with Crippen LogP contribution in [-0.4, -0.2) is 16.3 Å². The highest BCUT2D eigenvalue weighted by molar-refractivity contribution is 5.93. The number of oxazole rings is 1. The Hall–Kier alpha value is -4.18. The van der Waals surface area contributed by atoms with Crippen molar-refractivity contribution in [2.24, 2.45) is 4.99 Å². The van der Waals surface area contributed by atoms with Crippen molar-refractivity contribution in [1.82, 2.24) is 4.98 Å². The number of phenols is 1. The van der Waals surface area contributed by atoms with Crippen molar-refractivity contribution in [3.63, 3.8) is 0 Å². The number of rotatable bonds is 4. The minimum Gasteiger partial charge on any atom is -0.507 e. The quantitative estimate of drug-likeness (QED) is 0.223. The number of phenolic OH excluding ortho intramolecular Hbond substituents is 1. The van der Waals surface area contributed by atoms with Crippen LogP contribution >= 0.6 is 0 Å². The molecule has 216 valence electrons. The molecule has 5 aromatic rings. The molecule has 4 nitrogen and oxygen atoms in total. The first kappa shape index (κ1) is 29.3. The molecule has 0 saturated carbocycles. The Bertz CT molecular complexity index is 1790. The van der Waals surface area contributed by atoms with Gasteiger partial charge in [-0.3, -0.25) is 4.99 Å². The van der Waals surface area contributed by atoms with Crippen LogP contribution < -0.4 is 0 Å². The zero-order valence-electron chi connectivity index (χ0n) is 26.3. The highest BCUT2D eigenvalue weighted by Crippen LogP contribution is 2.39. The number of fused-ring (bicyclic) bond motifs is 1. The van der Waals surface area contributed by atoms with Crippen molar-refractivity contribution < 1.29 is 9.52 Å². The second kappa shape index (κ2) is 10.6. The molecule has 5 rings (SSSR count). The maximum absolute atomic E-state index is 11.3. The Morgan fingerprint density at radius 2 is 1.36 bits per heavy atom. The van der Waals surface area contributed by atoms with E-state index in [0.717, 1.165) is 44.6 Å². The lowest BCUT2D eigenvalue weighted by Gasteiger charge is -2.27. The van der Waals surface area contributed by atoms with Gasteiger partial charge in [0.15, 0.2) is 5.58 Å². The summed E-state index contributed by atoms with van der Waals surface area (Å²) in [6.07, 6.45) is 1.75. The molecule has 0 aliphatic heterocycles. The maximum Gasteiger partial charge on any atom is 0.229 e. The lowest BCUT2D eigenvalue weighted by molar-refractivity contribution is 0.444. The van der Waals surface area contributed by atoms with Crippen molar-refractivity contribution in [2.45, 2.75) is 78.6 Å². The fourth-order valence-electron chi connectivity index (χ4n) is 5.12. The van der Waals surface area contributed by atoms with Crippen LogP contribution in [0.25, 0.3) is 33.7 Å². The van der Waals surface area contributed by atoms with E-state index in [1.54, 1.807) is 6.21 Å². The summed E-state index contributed by atoms with van der Waals surface area (Å²) >= 11 is 0. The molecule has 0 spiro atoms. The fourth-order valence-corrected chi connectivity index (χ4v) is 5.12. The molecule has 0 atom stereocenters. The second-order valence-corrected chi connectivity index (χ2v) is 14.2. The lowest BCUT2D eigenvalue weighted by Crippen LogP contribution is -2.17. The van der Waals surface area contributed by atoms with Gasteiger partial charge in [0, 0.05) is 22.9 Å². The van der Waals surface area contributed by atoms with Crippen LogP contribution in [0.5, 0.6) is 5.75 Å². The molecule has 1 heterocycles. The van der Waals surface area contributed by atoms with Gasteiger partial charge in [-0.15, -0.1) is 0 Å². The number of benzene rings is 4. The van der Waals surface area contributed by atoms with E-state index < -0.39 is 0 Å². The molecule has 0 amide bonds. The first-order chi connectivity index (χ1) is 19.6. The van der Waals surface area contributed by atoms with Gasteiger partial charge >= 0.3 is 0 Å². The molecule has 0 fully saturated rings. The third-order valence-corrected chi connectivity index (χ3v) is 7.75. The van der Waals surface area contributed by atoms with E-state index in [4.69, 9.17) is 14.4 Å². The van der Waals surface area contributed by atoms with Crippen molar-refractivity contribution in [1.29, 1.82) is 0 Å². The first-order valence-electron chi connectivity index (χ1n) is 14.6. The Morgan fingerprint density at radius 3 is 2.05 bits per heavy atom. The predicted octanol–water partition coefficient (Wildman–Crippen LogP) is 10.5. The van der Waals surface area contributed by atoms with Gasteiger partial charge in [-0.25, -0.2) is 4.98 Å². The largest absolute Gasteiger partial charge is 0.507 e. The normalized spacial score (nSPS) is 12.9. The van der Waals surface area contributed by atoms with Gasteiger partial charge in [-0.2, -0.15) is 0 Å². The van der Waals surface area contributed by atoms with E-state index in [1.165, 1.54) is 5.56 Å². The Labute approximate surface area is 250 Å². The van der Waals surface area contributed by atoms with Gasteiger partial charge < -0.3 is 9.52 Å². The lowest BCUT2D eigenvalue weighted by atomic mass is 9.79. The summed E-state index contributed by atoms with van der Waals surface area (Å²) in [6.45, 7) is 19.6. The van der Waals surface area contributed by atoms with Gasteiger partial charge in [0.2, 0.25) is 5.89 Å². The number of nitrogens with zero attached hydrogens (tertiary/aromatic N) is 2. The van der Waals surface area contributed by atoms with Crippen molar-refractivity contribution in [3.05, 3.63) is 101 Å². The zero-order chi connectivity index (χ0) is 30.4. The van der Waals surface area contributed by atoms with Gasteiger partial charge in [-0.1, -0.05) is 117 Å². The molecule has 1 aromatic heterocycles. The molecular weight excluding hydrogens is 516 g/mol. The zero-order valence-corrected chi connectivity index (χ0v) is 26.3. The van der Waals surface area contributed by atoms with E-state index in [2.05, 4.69) is 98.7 Å². The molecule has 0 bridgehead atoms. The SMILES string of the molecule is CC(C)(C)c1cccc(-c2cccc3oc(-c4ccccc4N=Cc4cc(C(C)(C)C)cc(C(C)(C)C)c4O)nc23)c1. The number of hydrogen-bond donors (Lipinski definition) is 1. The third kappa shape index (κ3) is 5.90. The third-order valence-electron chi connectivity index (χ3n) is 7.75. The Kier molecular flexibility index (Phi) is 7.39. The average molecular weight is 559 g/mol. The molecule has 4 heteroatoms. The summed E-state index contributed by atoms with van der Waals surface area (Å²) in [7, 11) is 0. The fraction of sp³-hybridized carbons (Fsp3) is 0.316. The van der Waals surface area contributed by atoms with E-state index >= 15 is 0 Å². The van der Waals surface area contributed by atoms with Gasteiger partial charge in [0.1, 0.15) is 11.3 Å². The van der Waals surface area contributed by atoms with Crippen LogP contribution in [0, 0.1) is 0 Å². The Morgan fingerprint density at radius 1 is 0.690 bits per heavy atom. The van der Waals surface area contributed by atoms with Crippen LogP contribution in [0.3, 0.4) is 0 Å². The van der Waals surface area contributed by atoms with E-state index in [-0.39, 0.29) is 22.0 Å². The second-order valence-electron chi connectivity index (χ2n) is 14.2. The number of aromatic nitrogens is 1. The van der Waals surface area contributed by atoms with Crippen molar-refractivity contribution in [2.75, 3.05) is 0 Å². The van der Waals surface area contributed by atoms with Crippen molar-refractivity contribution in [3.8, 4) is 28.3 Å². The summed E-state index contributed by atoms with van der Waals surface area (Å²) in [4.78, 5) is 9.85. The smallest absolute Gasteiger partial charge is 0.229 e. The molecule has 42 heavy (non-hydrogen) atoms. The molecule has 0 saturated heterocycles. The standard InChI is InChI=1S/C38H42N2O2/c1-36(2,3)26-15-12-14-24(20-26)28-17-13-19-32-33(28)40-35(42-32)29-16-10-11-18-31(29)39-23-25-21-27(37(4,5)6)22-30(34(25)41)38(7,8)9/h10-23,41H,1-9H3. The molecule has 0 aliphatic carbocycles. The molecular formula is C38H42N2O2. The van der Waals surface area contributed by atoms with Crippen LogP contribution in [0.2, 0.25) is 0 Å². The van der Waals surface area contributed by atoms with Crippen LogP contribution in [-0.2, 0) is 16.2 Å². The summed E-state index contributed by atoms with van der Waals surface area (Å²) in [5.74, 6) is 0.779. The maximum atomic E-state index is 11.3. The van der Waals surface area contributed by atoms with Crippen LogP contribution in [0.1, 0.15) is 84.6 Å². The monoisotopic (exact) mass is 558 g/mol. The van der Waals surface area contributed by atoms with Gasteiger partial charge in [0.25, 0.3) is 0 Å². The van der Waals surface area contributed by atoms with E-state index in [9.17, 15) is 5.11 Å². The highest BCUT2D eigenvalue weighted by atomic mass is 16.3. The summed E-state index contributed by atoms with van der Waals surface area (Å²) < 4.78 is 6.32. The topological polar surface area (TPSA) is 58.6 Å². The van der Waals surface area contributed by atoms with Crippen LogP contribution in [0.4, 0.5) is 5.69 Å². The number of para-hydroxylation sites is 2. The number of hydrogen-bond acceptors (Lipinski definition) is 4. The van der Waals surface area contributed by atoms with Crippen LogP contribution in [0.15, 0.2) is 88.3 Å². The summed E-state index contributed by atoms with van der Waals surface area (Å²) in [5, 5.41) is 11.3. The van der Waals surface area contributed by atoms with Gasteiger partial charge in [-0.05, 0) is 57.2 Å². The van der Waals surface area contributed by atoms with Crippen molar-refractivity contribution >= 4 is 23.0 Å². The Balaban J connectivity index is 1.59. The molecule has 1 N–H and O–H groups in total.